The molecule has 6 heteroatoms. The Hall–Kier alpha value is -3.15. The highest BCUT2D eigenvalue weighted by molar-refractivity contribution is 6.02. The van der Waals surface area contributed by atoms with Crippen LogP contribution in [0, 0.1) is 13.8 Å². The summed E-state index contributed by atoms with van der Waals surface area (Å²) in [6, 6.07) is 12.1. The van der Waals surface area contributed by atoms with Crippen LogP contribution in [0.15, 0.2) is 42.5 Å². The molecule has 2 aromatic carbocycles. The van der Waals surface area contributed by atoms with Crippen LogP contribution in [-0.4, -0.2) is 29.9 Å². The van der Waals surface area contributed by atoms with Crippen molar-refractivity contribution in [1.29, 1.82) is 0 Å². The molecule has 0 saturated heterocycles. The van der Waals surface area contributed by atoms with Gasteiger partial charge in [-0.25, -0.2) is 9.59 Å². The largest absolute Gasteiger partial charge is 0.451 e. The Morgan fingerprint density at radius 3 is 2.24 bits per heavy atom. The zero-order chi connectivity index (χ0) is 21.6. The number of Topliss-reactive ketones (excluding diaryl/α,β-unsaturated/α-hetero) is 1. The van der Waals surface area contributed by atoms with Gasteiger partial charge in [0.2, 0.25) is 5.78 Å². The van der Waals surface area contributed by atoms with Gasteiger partial charge in [0.25, 0.3) is 0 Å². The Bertz CT molecular complexity index is 888. The fourth-order valence-corrected chi connectivity index (χ4v) is 2.76. The van der Waals surface area contributed by atoms with Gasteiger partial charge in [-0.3, -0.25) is 4.79 Å². The van der Waals surface area contributed by atoms with Crippen LogP contribution in [0.5, 0.6) is 0 Å². The fraction of sp³-hybridized carbons (Fsp3) is 0.348. The lowest BCUT2D eigenvalue weighted by Crippen LogP contribution is -2.39. The molecule has 0 heterocycles. The summed E-state index contributed by atoms with van der Waals surface area (Å²) >= 11 is 0. The molecule has 0 aliphatic rings. The minimum Gasteiger partial charge on any atom is -0.451 e. The van der Waals surface area contributed by atoms with E-state index in [-0.39, 0.29) is 17.9 Å². The first-order valence-electron chi connectivity index (χ1n) is 9.63. The maximum Gasteiger partial charge on any atom is 0.338 e. The first kappa shape index (κ1) is 22.1. The Balaban J connectivity index is 1.95. The van der Waals surface area contributed by atoms with Crippen molar-refractivity contribution in [2.75, 3.05) is 0 Å². The summed E-state index contributed by atoms with van der Waals surface area (Å²) in [6.07, 6.45) is -0.885. The number of nitrogens with one attached hydrogen (secondary N) is 2. The number of carbonyl (C=O) groups is 3. The van der Waals surface area contributed by atoms with Gasteiger partial charge < -0.3 is 15.4 Å². The Kier molecular flexibility index (Phi) is 7.53. The van der Waals surface area contributed by atoms with Gasteiger partial charge in [-0.1, -0.05) is 29.8 Å². The number of esters is 1. The molecular formula is C23H28N2O4. The normalized spacial score (nSPS) is 11.7. The molecule has 0 fully saturated rings. The lowest BCUT2D eigenvalue weighted by atomic mass is 9.99. The highest BCUT2D eigenvalue weighted by Gasteiger charge is 2.22. The van der Waals surface area contributed by atoms with Gasteiger partial charge in [-0.2, -0.15) is 0 Å². The number of rotatable bonds is 7. The molecule has 0 spiro atoms. The van der Waals surface area contributed by atoms with Crippen molar-refractivity contribution in [2.24, 2.45) is 0 Å². The molecule has 0 saturated carbocycles. The molecular weight excluding hydrogens is 368 g/mol. The second-order valence-corrected chi connectivity index (χ2v) is 7.41. The molecule has 0 aromatic heterocycles. The Labute approximate surface area is 171 Å². The summed E-state index contributed by atoms with van der Waals surface area (Å²) < 4.78 is 5.36. The van der Waals surface area contributed by atoms with E-state index in [2.05, 4.69) is 10.6 Å². The number of hydrogen-bond donors (Lipinski definition) is 2. The first-order valence-corrected chi connectivity index (χ1v) is 9.63. The van der Waals surface area contributed by atoms with E-state index >= 15 is 0 Å². The molecule has 0 unspecified atom stereocenters. The molecule has 0 aliphatic heterocycles. The monoisotopic (exact) mass is 396 g/mol. The zero-order valence-corrected chi connectivity index (χ0v) is 17.5. The van der Waals surface area contributed by atoms with Gasteiger partial charge in [0, 0.05) is 18.2 Å². The maximum absolute atomic E-state index is 12.6. The third kappa shape index (κ3) is 6.45. The number of amides is 2. The molecule has 2 aromatic rings. The molecule has 0 radical (unpaired) electrons. The number of ketones is 1. The number of carbonyl (C=O) groups excluding carboxylic acids is 3. The minimum absolute atomic E-state index is 0.0560. The van der Waals surface area contributed by atoms with E-state index in [1.165, 1.54) is 0 Å². The second-order valence-electron chi connectivity index (χ2n) is 7.41. The predicted molar refractivity (Wildman–Crippen MR) is 112 cm³/mol. The number of ether oxygens (including phenoxy) is 1. The molecule has 6 nitrogen and oxygen atoms in total. The van der Waals surface area contributed by atoms with E-state index in [9.17, 15) is 14.4 Å². The molecule has 1 atom stereocenters. The topological polar surface area (TPSA) is 84.5 Å². The van der Waals surface area contributed by atoms with E-state index in [4.69, 9.17) is 4.74 Å². The van der Waals surface area contributed by atoms with Gasteiger partial charge in [0.1, 0.15) is 0 Å². The average molecular weight is 396 g/mol. The third-order valence-electron chi connectivity index (χ3n) is 4.37. The van der Waals surface area contributed by atoms with E-state index in [1.54, 1.807) is 37.3 Å². The zero-order valence-electron chi connectivity index (χ0n) is 17.5. The van der Waals surface area contributed by atoms with E-state index in [1.807, 2.05) is 39.8 Å². The summed E-state index contributed by atoms with van der Waals surface area (Å²) in [4.78, 5) is 36.6. The van der Waals surface area contributed by atoms with Crippen molar-refractivity contribution in [3.8, 4) is 0 Å². The van der Waals surface area contributed by atoms with Gasteiger partial charge in [0.05, 0.1) is 5.56 Å². The fourth-order valence-electron chi connectivity index (χ4n) is 2.76. The summed E-state index contributed by atoms with van der Waals surface area (Å²) in [5, 5.41) is 5.48. The van der Waals surface area contributed by atoms with E-state index < -0.39 is 12.1 Å². The summed E-state index contributed by atoms with van der Waals surface area (Å²) in [6.45, 7) is 9.45. The van der Waals surface area contributed by atoms with Gasteiger partial charge in [-0.15, -0.1) is 0 Å². The highest BCUT2D eigenvalue weighted by Crippen LogP contribution is 2.15. The Morgan fingerprint density at radius 2 is 1.62 bits per heavy atom. The van der Waals surface area contributed by atoms with Crippen molar-refractivity contribution in [3.05, 3.63) is 70.3 Å². The van der Waals surface area contributed by atoms with Gasteiger partial charge in [-0.05, 0) is 63.9 Å². The number of hydrogen-bond acceptors (Lipinski definition) is 4. The van der Waals surface area contributed by atoms with Crippen molar-refractivity contribution < 1.29 is 19.1 Å². The molecule has 2 amide bonds. The number of aryl methyl sites for hydroxylation is 2. The Morgan fingerprint density at radius 1 is 0.966 bits per heavy atom. The van der Waals surface area contributed by atoms with Crippen LogP contribution in [0.4, 0.5) is 4.79 Å². The molecule has 154 valence electrons. The third-order valence-corrected chi connectivity index (χ3v) is 4.37. The number of benzene rings is 2. The quantitative estimate of drug-likeness (QED) is 0.548. The highest BCUT2D eigenvalue weighted by atomic mass is 16.5. The lowest BCUT2D eigenvalue weighted by molar-refractivity contribution is 0.0318. The smallest absolute Gasteiger partial charge is 0.338 e. The van der Waals surface area contributed by atoms with E-state index in [0.29, 0.717) is 17.7 Å². The van der Waals surface area contributed by atoms with E-state index in [0.717, 1.165) is 16.7 Å². The predicted octanol–water partition coefficient (Wildman–Crippen LogP) is 3.94. The standard InChI is InChI=1S/C23H28N2O4/c1-14(2)25-23(28)24-13-18-8-10-19(11-9-18)22(27)29-17(5)21(26)20-12-15(3)6-7-16(20)4/h6-12,14,17H,13H2,1-5H3,(H2,24,25,28)/t17-/m0/s1. The maximum atomic E-state index is 12.6. The lowest BCUT2D eigenvalue weighted by Gasteiger charge is -2.14. The average Bonchev–Trinajstić information content (AvgIpc) is 2.67. The molecule has 2 rings (SSSR count). The molecule has 0 bridgehead atoms. The van der Waals surface area contributed by atoms with Crippen molar-refractivity contribution in [3.63, 3.8) is 0 Å². The van der Waals surface area contributed by atoms with Crippen molar-refractivity contribution in [1.82, 2.24) is 10.6 Å². The molecule has 2 N–H and O–H groups in total. The summed E-state index contributed by atoms with van der Waals surface area (Å²) in [5.41, 5.74) is 3.58. The SMILES string of the molecule is Cc1ccc(C)c(C(=O)[C@H](C)OC(=O)c2ccc(CNC(=O)NC(C)C)cc2)c1. The van der Waals surface area contributed by atoms with Crippen LogP contribution in [0.25, 0.3) is 0 Å². The van der Waals surface area contributed by atoms with Crippen molar-refractivity contribution >= 4 is 17.8 Å². The van der Waals surface area contributed by atoms with Gasteiger partial charge in [0.15, 0.2) is 6.10 Å². The summed E-state index contributed by atoms with van der Waals surface area (Å²) in [5.74, 6) is -0.787. The number of urea groups is 1. The first-order chi connectivity index (χ1) is 13.7. The molecule has 0 aliphatic carbocycles. The van der Waals surface area contributed by atoms with Crippen LogP contribution in [0.3, 0.4) is 0 Å². The van der Waals surface area contributed by atoms with Crippen LogP contribution >= 0.6 is 0 Å². The van der Waals surface area contributed by atoms with Crippen LogP contribution in [0.1, 0.15) is 58.2 Å². The van der Waals surface area contributed by atoms with Crippen LogP contribution in [-0.2, 0) is 11.3 Å². The minimum atomic E-state index is -0.885. The van der Waals surface area contributed by atoms with Crippen LogP contribution in [0.2, 0.25) is 0 Å². The summed E-state index contributed by atoms with van der Waals surface area (Å²) in [7, 11) is 0. The second kappa shape index (κ2) is 9.87. The van der Waals surface area contributed by atoms with Gasteiger partial charge >= 0.3 is 12.0 Å². The molecule has 29 heavy (non-hydrogen) atoms. The van der Waals surface area contributed by atoms with Crippen molar-refractivity contribution in [2.45, 2.75) is 53.3 Å². The van der Waals surface area contributed by atoms with Crippen LogP contribution < -0.4 is 10.6 Å².